The summed E-state index contributed by atoms with van der Waals surface area (Å²) in [6, 6.07) is 7.68. The summed E-state index contributed by atoms with van der Waals surface area (Å²) in [6.45, 7) is 5.59. The Balaban J connectivity index is 1.59. The average molecular weight is 345 g/mol. The number of carbonyl (C=O) groups is 1. The van der Waals surface area contributed by atoms with E-state index in [-0.39, 0.29) is 11.9 Å². The van der Waals surface area contributed by atoms with Gasteiger partial charge in [-0.05, 0) is 38.3 Å². The number of hydrogen-bond acceptors (Lipinski definition) is 4. The number of anilines is 1. The summed E-state index contributed by atoms with van der Waals surface area (Å²) < 4.78 is 0. The third-order valence-corrected chi connectivity index (χ3v) is 4.88. The van der Waals surface area contributed by atoms with E-state index in [1.807, 2.05) is 32.0 Å². The topological polar surface area (TPSA) is 58.1 Å². The Hall–Kier alpha value is -2.14. The lowest BCUT2D eigenvalue weighted by Crippen LogP contribution is -2.45. The fraction of sp³-hybridized carbons (Fsp3) is 0.389. The normalized spacial score (nSPS) is 15.4. The number of nitrogens with zero attached hydrogens (tertiary/aromatic N) is 3. The molecule has 0 aliphatic carbocycles. The second-order valence-electron chi connectivity index (χ2n) is 6.19. The minimum atomic E-state index is -0.0972. The standard InChI is InChI=1S/C18H21ClN4O/c1-12-4-3-5-15(17(12)19)18(24)22-14-6-8-23(9-7-14)16-10-13(2)20-11-21-16/h3-5,10-11,14H,6-9H2,1-2H3,(H,22,24). The predicted molar refractivity (Wildman–Crippen MR) is 95.7 cm³/mol. The maximum absolute atomic E-state index is 12.5. The van der Waals surface area contributed by atoms with Crippen molar-refractivity contribution in [2.45, 2.75) is 32.7 Å². The van der Waals surface area contributed by atoms with Crippen molar-refractivity contribution >= 4 is 23.3 Å². The van der Waals surface area contributed by atoms with E-state index in [0.717, 1.165) is 43.0 Å². The highest BCUT2D eigenvalue weighted by Crippen LogP contribution is 2.22. The zero-order valence-corrected chi connectivity index (χ0v) is 14.7. The van der Waals surface area contributed by atoms with Gasteiger partial charge in [0.25, 0.3) is 5.91 Å². The number of aromatic nitrogens is 2. The second-order valence-corrected chi connectivity index (χ2v) is 6.57. The molecule has 0 spiro atoms. The summed E-state index contributed by atoms with van der Waals surface area (Å²) in [5.74, 6) is 0.856. The van der Waals surface area contributed by atoms with E-state index in [1.165, 1.54) is 0 Å². The van der Waals surface area contributed by atoms with Crippen LogP contribution in [-0.2, 0) is 0 Å². The maximum Gasteiger partial charge on any atom is 0.253 e. The summed E-state index contributed by atoms with van der Waals surface area (Å²) in [4.78, 5) is 23.1. The zero-order chi connectivity index (χ0) is 17.1. The fourth-order valence-corrected chi connectivity index (χ4v) is 3.16. The van der Waals surface area contributed by atoms with Crippen LogP contribution in [0.1, 0.15) is 34.5 Å². The van der Waals surface area contributed by atoms with Crippen molar-refractivity contribution in [3.63, 3.8) is 0 Å². The van der Waals surface area contributed by atoms with Gasteiger partial charge in [0.15, 0.2) is 0 Å². The number of hydrogen-bond donors (Lipinski definition) is 1. The first kappa shape index (κ1) is 16.7. The number of halogens is 1. The van der Waals surface area contributed by atoms with Gasteiger partial charge in [-0.15, -0.1) is 0 Å². The third kappa shape index (κ3) is 3.67. The molecule has 1 aliphatic heterocycles. The van der Waals surface area contributed by atoms with Gasteiger partial charge >= 0.3 is 0 Å². The first-order chi connectivity index (χ1) is 11.5. The van der Waals surface area contributed by atoms with Crippen LogP contribution in [0.5, 0.6) is 0 Å². The Kier molecular flexibility index (Phi) is 5.00. The number of nitrogens with one attached hydrogen (secondary N) is 1. The minimum absolute atomic E-state index is 0.0972. The highest BCUT2D eigenvalue weighted by atomic mass is 35.5. The van der Waals surface area contributed by atoms with Gasteiger partial charge in [0.1, 0.15) is 12.1 Å². The molecule has 0 unspecified atom stereocenters. The molecule has 0 radical (unpaired) electrons. The molecule has 6 heteroatoms. The molecule has 5 nitrogen and oxygen atoms in total. The van der Waals surface area contributed by atoms with E-state index in [9.17, 15) is 4.79 Å². The Bertz CT molecular complexity index is 742. The van der Waals surface area contributed by atoms with Crippen LogP contribution in [0.2, 0.25) is 5.02 Å². The van der Waals surface area contributed by atoms with Crippen LogP contribution >= 0.6 is 11.6 Å². The lowest BCUT2D eigenvalue weighted by molar-refractivity contribution is 0.0931. The predicted octanol–water partition coefficient (Wildman–Crippen LogP) is 3.15. The molecule has 1 amide bonds. The van der Waals surface area contributed by atoms with Crippen LogP contribution < -0.4 is 10.2 Å². The molecule has 2 aromatic rings. The molecule has 126 valence electrons. The molecule has 0 bridgehead atoms. The van der Waals surface area contributed by atoms with Gasteiger partial charge in [-0.25, -0.2) is 9.97 Å². The van der Waals surface area contributed by atoms with E-state index < -0.39 is 0 Å². The van der Waals surface area contributed by atoms with Gasteiger partial charge in [0, 0.05) is 30.9 Å². The lowest BCUT2D eigenvalue weighted by atomic mass is 10.0. The average Bonchev–Trinajstić information content (AvgIpc) is 2.58. The minimum Gasteiger partial charge on any atom is -0.356 e. The molecule has 0 atom stereocenters. The molecule has 24 heavy (non-hydrogen) atoms. The third-order valence-electron chi connectivity index (χ3n) is 4.38. The first-order valence-corrected chi connectivity index (χ1v) is 8.52. The van der Waals surface area contributed by atoms with Crippen molar-refractivity contribution < 1.29 is 4.79 Å². The first-order valence-electron chi connectivity index (χ1n) is 8.14. The smallest absolute Gasteiger partial charge is 0.253 e. The zero-order valence-electron chi connectivity index (χ0n) is 13.9. The molecular formula is C18H21ClN4O. The number of piperidine rings is 1. The van der Waals surface area contributed by atoms with Crippen LogP contribution in [-0.4, -0.2) is 35.0 Å². The second kappa shape index (κ2) is 7.18. The van der Waals surface area contributed by atoms with E-state index in [2.05, 4.69) is 20.2 Å². The van der Waals surface area contributed by atoms with Crippen LogP contribution in [0, 0.1) is 13.8 Å². The van der Waals surface area contributed by atoms with E-state index >= 15 is 0 Å². The highest BCUT2D eigenvalue weighted by Gasteiger charge is 2.23. The largest absolute Gasteiger partial charge is 0.356 e. The van der Waals surface area contributed by atoms with Crippen molar-refractivity contribution in [2.24, 2.45) is 0 Å². The number of aryl methyl sites for hydroxylation is 2. The van der Waals surface area contributed by atoms with Gasteiger partial charge in [-0.3, -0.25) is 4.79 Å². The molecule has 1 aromatic carbocycles. The summed E-state index contributed by atoms with van der Waals surface area (Å²) >= 11 is 6.24. The molecule has 1 aromatic heterocycles. The Labute approximate surface area is 147 Å². The lowest BCUT2D eigenvalue weighted by Gasteiger charge is -2.33. The Morgan fingerprint density at radius 1 is 1.25 bits per heavy atom. The maximum atomic E-state index is 12.5. The molecule has 0 saturated carbocycles. The highest BCUT2D eigenvalue weighted by molar-refractivity contribution is 6.34. The molecule has 2 heterocycles. The van der Waals surface area contributed by atoms with Crippen LogP contribution in [0.3, 0.4) is 0 Å². The number of carbonyl (C=O) groups excluding carboxylic acids is 1. The SMILES string of the molecule is Cc1cc(N2CCC(NC(=O)c3cccc(C)c3Cl)CC2)ncn1. The van der Waals surface area contributed by atoms with Crippen molar-refractivity contribution in [2.75, 3.05) is 18.0 Å². The molecule has 1 saturated heterocycles. The molecule has 1 N–H and O–H groups in total. The number of benzene rings is 1. The van der Waals surface area contributed by atoms with Gasteiger partial charge in [-0.2, -0.15) is 0 Å². The molecular weight excluding hydrogens is 324 g/mol. The monoisotopic (exact) mass is 344 g/mol. The van der Waals surface area contributed by atoms with Crippen LogP contribution in [0.15, 0.2) is 30.6 Å². The van der Waals surface area contributed by atoms with Gasteiger partial charge in [-0.1, -0.05) is 23.7 Å². The summed E-state index contributed by atoms with van der Waals surface area (Å²) in [5.41, 5.74) is 2.42. The quantitative estimate of drug-likeness (QED) is 0.929. The van der Waals surface area contributed by atoms with Crippen LogP contribution in [0.25, 0.3) is 0 Å². The van der Waals surface area contributed by atoms with E-state index in [4.69, 9.17) is 11.6 Å². The van der Waals surface area contributed by atoms with Crippen LogP contribution in [0.4, 0.5) is 5.82 Å². The van der Waals surface area contributed by atoms with Gasteiger partial charge in [0.05, 0.1) is 10.6 Å². The Morgan fingerprint density at radius 2 is 2.00 bits per heavy atom. The van der Waals surface area contributed by atoms with Crippen molar-refractivity contribution in [1.82, 2.24) is 15.3 Å². The van der Waals surface area contributed by atoms with Crippen molar-refractivity contribution in [1.29, 1.82) is 0 Å². The number of rotatable bonds is 3. The summed E-state index contributed by atoms with van der Waals surface area (Å²) in [5, 5.41) is 3.64. The van der Waals surface area contributed by atoms with Crippen molar-refractivity contribution in [3.05, 3.63) is 52.4 Å². The molecule has 1 fully saturated rings. The Morgan fingerprint density at radius 3 is 2.71 bits per heavy atom. The van der Waals surface area contributed by atoms with Gasteiger partial charge in [0.2, 0.25) is 0 Å². The molecule has 3 rings (SSSR count). The number of amides is 1. The molecule has 1 aliphatic rings. The summed E-state index contributed by atoms with van der Waals surface area (Å²) in [6.07, 6.45) is 3.37. The summed E-state index contributed by atoms with van der Waals surface area (Å²) in [7, 11) is 0. The fourth-order valence-electron chi connectivity index (χ4n) is 2.95. The van der Waals surface area contributed by atoms with E-state index in [0.29, 0.717) is 10.6 Å². The van der Waals surface area contributed by atoms with Gasteiger partial charge < -0.3 is 10.2 Å². The van der Waals surface area contributed by atoms with Crippen molar-refractivity contribution in [3.8, 4) is 0 Å². The van der Waals surface area contributed by atoms with E-state index in [1.54, 1.807) is 12.4 Å².